The Balaban J connectivity index is 1.31. The van der Waals surface area contributed by atoms with Gasteiger partial charge in [-0.2, -0.15) is 0 Å². The van der Waals surface area contributed by atoms with Crippen LogP contribution in [0.25, 0.3) is 0 Å². The minimum absolute atomic E-state index is 0.143. The van der Waals surface area contributed by atoms with Crippen molar-refractivity contribution in [1.82, 2.24) is 9.97 Å². The molecule has 3 aromatic carbocycles. The molecule has 5 rings (SSSR count). The molecule has 8 nitrogen and oxygen atoms in total. The third-order valence-electron chi connectivity index (χ3n) is 5.53. The van der Waals surface area contributed by atoms with Crippen molar-refractivity contribution in [2.45, 2.75) is 13.8 Å². The fraction of sp³-hybridized carbons (Fsp3) is 0.0741. The number of aryl methyl sites for hydroxylation is 2. The van der Waals surface area contributed by atoms with Crippen molar-refractivity contribution in [3.8, 4) is 11.8 Å². The Kier molecular flexibility index (Phi) is 5.95. The molecule has 2 heterocycles. The van der Waals surface area contributed by atoms with E-state index in [1.807, 2.05) is 19.9 Å². The maximum atomic E-state index is 13.0. The molecule has 1 aliphatic heterocycles. The summed E-state index contributed by atoms with van der Waals surface area (Å²) in [5, 5.41) is 3.06. The van der Waals surface area contributed by atoms with E-state index in [0.29, 0.717) is 17.1 Å². The van der Waals surface area contributed by atoms with Gasteiger partial charge in [-0.1, -0.05) is 23.7 Å². The SMILES string of the molecule is Cc1cc(C)nc(Oc2ccc(NC(=O)c3ccc4c(c3)C(=O)N(c3ccccc3Cl)C4=O)cc2)n1. The van der Waals surface area contributed by atoms with Gasteiger partial charge in [-0.15, -0.1) is 0 Å². The number of halogens is 1. The van der Waals surface area contributed by atoms with Crippen LogP contribution >= 0.6 is 11.6 Å². The van der Waals surface area contributed by atoms with E-state index in [1.54, 1.807) is 48.5 Å². The standard InChI is InChI=1S/C27H19ClN4O4/c1-15-13-16(2)30-27(29-15)36-19-10-8-18(9-11-19)31-24(33)17-7-12-20-21(14-17)26(35)32(25(20)34)23-6-4-3-5-22(23)28/h3-14H,1-2H3,(H,31,33). The average Bonchev–Trinajstić information content (AvgIpc) is 3.09. The summed E-state index contributed by atoms with van der Waals surface area (Å²) in [5.74, 6) is -0.939. The van der Waals surface area contributed by atoms with E-state index < -0.39 is 17.7 Å². The molecule has 178 valence electrons. The van der Waals surface area contributed by atoms with Crippen LogP contribution < -0.4 is 15.0 Å². The van der Waals surface area contributed by atoms with Crippen LogP contribution in [0, 0.1) is 13.8 Å². The van der Waals surface area contributed by atoms with Crippen LogP contribution in [0.1, 0.15) is 42.5 Å². The summed E-state index contributed by atoms with van der Waals surface area (Å²) in [6, 6.07) is 19.8. The van der Waals surface area contributed by atoms with Crippen LogP contribution in [-0.4, -0.2) is 27.7 Å². The molecule has 0 saturated heterocycles. The molecule has 0 aliphatic carbocycles. The number of nitrogens with one attached hydrogen (secondary N) is 1. The maximum absolute atomic E-state index is 13.0. The number of ether oxygens (including phenoxy) is 1. The number of anilines is 2. The lowest BCUT2D eigenvalue weighted by atomic mass is 10.1. The fourth-order valence-electron chi connectivity index (χ4n) is 3.89. The highest BCUT2D eigenvalue weighted by Crippen LogP contribution is 2.33. The first kappa shape index (κ1) is 23.2. The first-order chi connectivity index (χ1) is 17.3. The quantitative estimate of drug-likeness (QED) is 0.360. The largest absolute Gasteiger partial charge is 0.424 e. The minimum atomic E-state index is -0.534. The lowest BCUT2D eigenvalue weighted by Crippen LogP contribution is -2.29. The molecule has 4 aromatic rings. The molecule has 36 heavy (non-hydrogen) atoms. The van der Waals surface area contributed by atoms with Crippen molar-refractivity contribution in [2.24, 2.45) is 0 Å². The first-order valence-electron chi connectivity index (χ1n) is 11.0. The van der Waals surface area contributed by atoms with E-state index in [1.165, 1.54) is 18.2 Å². The van der Waals surface area contributed by atoms with Gasteiger partial charge in [0.2, 0.25) is 0 Å². The Hall–Kier alpha value is -4.56. The Morgan fingerprint density at radius 3 is 2.22 bits per heavy atom. The lowest BCUT2D eigenvalue weighted by Gasteiger charge is -2.15. The van der Waals surface area contributed by atoms with Gasteiger partial charge in [0, 0.05) is 22.6 Å². The summed E-state index contributed by atoms with van der Waals surface area (Å²) in [6.07, 6.45) is 0. The average molecular weight is 499 g/mol. The molecule has 0 radical (unpaired) electrons. The van der Waals surface area contributed by atoms with Crippen LogP contribution in [0.15, 0.2) is 72.8 Å². The summed E-state index contributed by atoms with van der Waals surface area (Å²) in [7, 11) is 0. The fourth-order valence-corrected chi connectivity index (χ4v) is 4.11. The molecule has 0 bridgehead atoms. The summed E-state index contributed by atoms with van der Waals surface area (Å²) in [6.45, 7) is 3.72. The van der Waals surface area contributed by atoms with Crippen molar-refractivity contribution in [2.75, 3.05) is 10.2 Å². The van der Waals surface area contributed by atoms with E-state index >= 15 is 0 Å². The summed E-state index contributed by atoms with van der Waals surface area (Å²) >= 11 is 6.19. The number of carbonyl (C=O) groups is 3. The minimum Gasteiger partial charge on any atom is -0.424 e. The van der Waals surface area contributed by atoms with Crippen LogP contribution in [0.4, 0.5) is 11.4 Å². The molecule has 1 aliphatic rings. The third-order valence-corrected chi connectivity index (χ3v) is 5.84. The second kappa shape index (κ2) is 9.24. The number of nitrogens with zero attached hydrogens (tertiary/aromatic N) is 3. The Labute approximate surface area is 211 Å². The Bertz CT molecular complexity index is 1520. The summed E-state index contributed by atoms with van der Waals surface area (Å²) in [4.78, 5) is 48.2. The number of amides is 3. The van der Waals surface area contributed by atoms with E-state index in [0.717, 1.165) is 16.3 Å². The second-order valence-electron chi connectivity index (χ2n) is 8.17. The molecular formula is C27H19ClN4O4. The maximum Gasteiger partial charge on any atom is 0.322 e. The highest BCUT2D eigenvalue weighted by Gasteiger charge is 2.38. The van der Waals surface area contributed by atoms with Crippen LogP contribution in [0.2, 0.25) is 5.02 Å². The van der Waals surface area contributed by atoms with Crippen molar-refractivity contribution in [1.29, 1.82) is 0 Å². The molecule has 0 saturated carbocycles. The molecule has 0 fully saturated rings. The topological polar surface area (TPSA) is 101 Å². The normalized spacial score (nSPS) is 12.5. The highest BCUT2D eigenvalue weighted by molar-refractivity contribution is 6.40. The third kappa shape index (κ3) is 4.42. The van der Waals surface area contributed by atoms with Gasteiger partial charge in [0.1, 0.15) is 5.75 Å². The molecule has 0 spiro atoms. The van der Waals surface area contributed by atoms with Gasteiger partial charge in [0.05, 0.1) is 21.8 Å². The van der Waals surface area contributed by atoms with Gasteiger partial charge in [0.15, 0.2) is 0 Å². The molecule has 3 amide bonds. The van der Waals surface area contributed by atoms with Gasteiger partial charge in [0.25, 0.3) is 17.7 Å². The van der Waals surface area contributed by atoms with E-state index in [4.69, 9.17) is 16.3 Å². The number of benzene rings is 3. The number of para-hydroxylation sites is 1. The predicted octanol–water partition coefficient (Wildman–Crippen LogP) is 5.59. The number of carbonyl (C=O) groups excluding carboxylic acids is 3. The van der Waals surface area contributed by atoms with E-state index in [9.17, 15) is 14.4 Å². The predicted molar refractivity (Wildman–Crippen MR) is 135 cm³/mol. The number of hydrogen-bond donors (Lipinski definition) is 1. The number of imide groups is 1. The van der Waals surface area contributed by atoms with Gasteiger partial charge < -0.3 is 10.1 Å². The zero-order valence-corrected chi connectivity index (χ0v) is 20.0. The molecule has 1 N–H and O–H groups in total. The summed E-state index contributed by atoms with van der Waals surface area (Å²) in [5.41, 5.74) is 3.01. The highest BCUT2D eigenvalue weighted by atomic mass is 35.5. The lowest BCUT2D eigenvalue weighted by molar-refractivity contribution is 0.0925. The van der Waals surface area contributed by atoms with Gasteiger partial charge in [-0.25, -0.2) is 14.9 Å². The summed E-state index contributed by atoms with van der Waals surface area (Å²) < 4.78 is 5.69. The monoisotopic (exact) mass is 498 g/mol. The number of hydrogen-bond acceptors (Lipinski definition) is 6. The zero-order chi connectivity index (χ0) is 25.4. The Morgan fingerprint density at radius 2 is 1.53 bits per heavy atom. The first-order valence-corrected chi connectivity index (χ1v) is 11.4. The molecule has 0 atom stereocenters. The van der Waals surface area contributed by atoms with Crippen molar-refractivity contribution >= 4 is 40.7 Å². The van der Waals surface area contributed by atoms with Crippen LogP contribution in [0.3, 0.4) is 0 Å². The number of aromatic nitrogens is 2. The van der Waals surface area contributed by atoms with E-state index in [-0.39, 0.29) is 27.7 Å². The number of rotatable bonds is 5. The molecular weight excluding hydrogens is 480 g/mol. The van der Waals surface area contributed by atoms with Gasteiger partial charge in [-0.3, -0.25) is 14.4 Å². The molecule has 9 heteroatoms. The Morgan fingerprint density at radius 1 is 0.861 bits per heavy atom. The molecule has 1 aromatic heterocycles. The van der Waals surface area contributed by atoms with Crippen molar-refractivity contribution < 1.29 is 19.1 Å². The van der Waals surface area contributed by atoms with Crippen molar-refractivity contribution in [3.63, 3.8) is 0 Å². The smallest absolute Gasteiger partial charge is 0.322 e. The number of fused-ring (bicyclic) bond motifs is 1. The second-order valence-corrected chi connectivity index (χ2v) is 8.58. The van der Waals surface area contributed by atoms with E-state index in [2.05, 4.69) is 15.3 Å². The molecule has 0 unspecified atom stereocenters. The van der Waals surface area contributed by atoms with Crippen LogP contribution in [0.5, 0.6) is 11.8 Å². The van der Waals surface area contributed by atoms with Gasteiger partial charge >= 0.3 is 6.01 Å². The van der Waals surface area contributed by atoms with Crippen molar-refractivity contribution in [3.05, 3.63) is 106 Å². The van der Waals surface area contributed by atoms with Crippen LogP contribution in [-0.2, 0) is 0 Å². The zero-order valence-electron chi connectivity index (χ0n) is 19.3. The van der Waals surface area contributed by atoms with Gasteiger partial charge in [-0.05, 0) is 74.5 Å².